The molecular weight excluding hydrogens is 208 g/mol. The van der Waals surface area contributed by atoms with Crippen LogP contribution in [0, 0.1) is 0 Å². The van der Waals surface area contributed by atoms with Gasteiger partial charge in [-0.3, -0.25) is 9.48 Å². The SMILES string of the molecule is CC(=O)Nc1nn(C)cc1S(N)(=O)=O. The van der Waals surface area contributed by atoms with Crippen molar-refractivity contribution < 1.29 is 13.2 Å². The molecule has 0 saturated carbocycles. The smallest absolute Gasteiger partial charge is 0.243 e. The fraction of sp³-hybridized carbons (Fsp3) is 0.333. The van der Waals surface area contributed by atoms with Crippen LogP contribution in [0.25, 0.3) is 0 Å². The molecule has 78 valence electrons. The molecule has 0 aliphatic carbocycles. The topological polar surface area (TPSA) is 107 Å². The van der Waals surface area contributed by atoms with Crippen LogP contribution in [0.2, 0.25) is 0 Å². The van der Waals surface area contributed by atoms with Crippen molar-refractivity contribution in [3.8, 4) is 0 Å². The van der Waals surface area contributed by atoms with E-state index in [-0.39, 0.29) is 10.7 Å². The maximum atomic E-state index is 11.0. The van der Waals surface area contributed by atoms with Crippen LogP contribution in [-0.4, -0.2) is 24.1 Å². The molecule has 0 aromatic carbocycles. The number of amides is 1. The van der Waals surface area contributed by atoms with E-state index in [1.165, 1.54) is 24.9 Å². The summed E-state index contributed by atoms with van der Waals surface area (Å²) in [4.78, 5) is 10.5. The minimum absolute atomic E-state index is 0.0532. The molecule has 1 rings (SSSR count). The van der Waals surface area contributed by atoms with Crippen molar-refractivity contribution in [2.75, 3.05) is 5.32 Å². The number of nitrogens with two attached hydrogens (primary N) is 1. The lowest BCUT2D eigenvalue weighted by molar-refractivity contribution is -0.114. The van der Waals surface area contributed by atoms with Gasteiger partial charge in [-0.15, -0.1) is 0 Å². The number of nitrogens with zero attached hydrogens (tertiary/aromatic N) is 2. The van der Waals surface area contributed by atoms with Gasteiger partial charge in [-0.1, -0.05) is 0 Å². The summed E-state index contributed by atoms with van der Waals surface area (Å²) in [6.45, 7) is 1.25. The standard InChI is InChI=1S/C6H10N4O3S/c1-4(11)8-6-5(14(7,12)13)3-10(2)9-6/h3H,1-2H3,(H2,7,12,13)(H,8,9,11). The van der Waals surface area contributed by atoms with Crippen LogP contribution >= 0.6 is 0 Å². The van der Waals surface area contributed by atoms with Gasteiger partial charge >= 0.3 is 0 Å². The number of hydrogen-bond acceptors (Lipinski definition) is 4. The molecular formula is C6H10N4O3S. The summed E-state index contributed by atoms with van der Waals surface area (Å²) in [6.07, 6.45) is 1.22. The van der Waals surface area contributed by atoms with E-state index in [9.17, 15) is 13.2 Å². The van der Waals surface area contributed by atoms with Crippen molar-refractivity contribution >= 4 is 21.7 Å². The predicted molar refractivity (Wildman–Crippen MR) is 48.9 cm³/mol. The Kier molecular flexibility index (Phi) is 2.58. The average molecular weight is 218 g/mol. The fourth-order valence-electron chi connectivity index (χ4n) is 0.928. The molecule has 1 heterocycles. The first-order valence-electron chi connectivity index (χ1n) is 3.64. The molecule has 1 aromatic rings. The molecule has 0 saturated heterocycles. The molecule has 8 heteroatoms. The first-order valence-corrected chi connectivity index (χ1v) is 5.19. The normalized spacial score (nSPS) is 11.4. The van der Waals surface area contributed by atoms with Gasteiger partial charge in [-0.25, -0.2) is 13.6 Å². The molecule has 0 spiro atoms. The van der Waals surface area contributed by atoms with E-state index in [0.29, 0.717) is 0 Å². The highest BCUT2D eigenvalue weighted by molar-refractivity contribution is 7.89. The van der Waals surface area contributed by atoms with Crippen LogP contribution < -0.4 is 10.5 Å². The van der Waals surface area contributed by atoms with Crippen molar-refractivity contribution in [1.29, 1.82) is 0 Å². The molecule has 1 amide bonds. The summed E-state index contributed by atoms with van der Waals surface area (Å²) in [6, 6.07) is 0. The van der Waals surface area contributed by atoms with Gasteiger partial charge in [0.05, 0.1) is 0 Å². The molecule has 0 unspecified atom stereocenters. The number of primary sulfonamides is 1. The highest BCUT2D eigenvalue weighted by Crippen LogP contribution is 2.16. The highest BCUT2D eigenvalue weighted by Gasteiger charge is 2.18. The van der Waals surface area contributed by atoms with Crippen molar-refractivity contribution in [2.24, 2.45) is 12.2 Å². The van der Waals surface area contributed by atoms with Crippen LogP contribution in [0.15, 0.2) is 11.1 Å². The van der Waals surface area contributed by atoms with Crippen molar-refractivity contribution in [3.05, 3.63) is 6.20 Å². The maximum Gasteiger partial charge on any atom is 0.243 e. The number of aryl methyl sites for hydroxylation is 1. The zero-order valence-corrected chi connectivity index (χ0v) is 8.50. The predicted octanol–water partition coefficient (Wildman–Crippen LogP) is -0.974. The van der Waals surface area contributed by atoms with Gasteiger partial charge in [-0.2, -0.15) is 5.10 Å². The molecule has 1 aromatic heterocycles. The third-order valence-corrected chi connectivity index (χ3v) is 2.31. The van der Waals surface area contributed by atoms with E-state index in [1.807, 2.05) is 0 Å². The molecule has 0 radical (unpaired) electrons. The van der Waals surface area contributed by atoms with Crippen LogP contribution in [-0.2, 0) is 21.9 Å². The van der Waals surface area contributed by atoms with E-state index >= 15 is 0 Å². The zero-order valence-electron chi connectivity index (χ0n) is 7.68. The summed E-state index contributed by atoms with van der Waals surface area (Å²) < 4.78 is 23.3. The Morgan fingerprint density at radius 1 is 1.64 bits per heavy atom. The second kappa shape index (κ2) is 3.39. The Labute approximate surface area is 80.9 Å². The van der Waals surface area contributed by atoms with Crippen LogP contribution in [0.1, 0.15) is 6.92 Å². The molecule has 0 atom stereocenters. The average Bonchev–Trinajstić information content (AvgIpc) is 2.28. The Hall–Kier alpha value is -1.41. The largest absolute Gasteiger partial charge is 0.308 e. The summed E-state index contributed by atoms with van der Waals surface area (Å²) in [5.41, 5.74) is 0. The van der Waals surface area contributed by atoms with E-state index in [2.05, 4.69) is 10.4 Å². The lowest BCUT2D eigenvalue weighted by atomic mass is 10.6. The quantitative estimate of drug-likeness (QED) is 0.665. The number of sulfonamides is 1. The van der Waals surface area contributed by atoms with E-state index in [4.69, 9.17) is 5.14 Å². The lowest BCUT2D eigenvalue weighted by Crippen LogP contribution is -2.15. The van der Waals surface area contributed by atoms with E-state index < -0.39 is 15.9 Å². The Bertz CT molecular complexity index is 461. The fourth-order valence-corrected chi connectivity index (χ4v) is 1.59. The minimum atomic E-state index is -3.86. The molecule has 14 heavy (non-hydrogen) atoms. The van der Waals surface area contributed by atoms with Gasteiger partial charge in [0, 0.05) is 20.2 Å². The molecule has 0 fully saturated rings. The number of hydrogen-bond donors (Lipinski definition) is 2. The van der Waals surface area contributed by atoms with Gasteiger partial charge in [0.2, 0.25) is 15.9 Å². The molecule has 3 N–H and O–H groups in total. The van der Waals surface area contributed by atoms with Crippen molar-refractivity contribution in [1.82, 2.24) is 9.78 Å². The van der Waals surface area contributed by atoms with Gasteiger partial charge in [0.1, 0.15) is 4.90 Å². The second-order valence-corrected chi connectivity index (χ2v) is 4.27. The molecule has 0 bridgehead atoms. The lowest BCUT2D eigenvalue weighted by Gasteiger charge is -1.98. The Morgan fingerprint density at radius 2 is 2.21 bits per heavy atom. The molecule has 0 aliphatic heterocycles. The zero-order chi connectivity index (χ0) is 10.9. The van der Waals surface area contributed by atoms with Crippen molar-refractivity contribution in [3.63, 3.8) is 0 Å². The molecule has 7 nitrogen and oxygen atoms in total. The number of anilines is 1. The third-order valence-electron chi connectivity index (χ3n) is 1.40. The summed E-state index contributed by atoms with van der Waals surface area (Å²) >= 11 is 0. The molecule has 0 aliphatic rings. The van der Waals surface area contributed by atoms with E-state index in [1.54, 1.807) is 0 Å². The van der Waals surface area contributed by atoms with Crippen LogP contribution in [0.3, 0.4) is 0 Å². The van der Waals surface area contributed by atoms with E-state index in [0.717, 1.165) is 0 Å². The number of nitrogens with one attached hydrogen (secondary N) is 1. The number of carbonyl (C=O) groups excluding carboxylic acids is 1. The van der Waals surface area contributed by atoms with Gasteiger partial charge < -0.3 is 5.32 Å². The van der Waals surface area contributed by atoms with Crippen molar-refractivity contribution in [2.45, 2.75) is 11.8 Å². The van der Waals surface area contributed by atoms with Crippen LogP contribution in [0.4, 0.5) is 5.82 Å². The summed E-state index contributed by atoms with van der Waals surface area (Å²) in [5, 5.41) is 10.9. The maximum absolute atomic E-state index is 11.0. The third kappa shape index (κ3) is 2.30. The highest BCUT2D eigenvalue weighted by atomic mass is 32.2. The first kappa shape index (κ1) is 10.7. The summed E-state index contributed by atoms with van der Waals surface area (Å²) in [7, 11) is -2.33. The monoisotopic (exact) mass is 218 g/mol. The summed E-state index contributed by atoms with van der Waals surface area (Å²) in [5.74, 6) is -0.462. The Morgan fingerprint density at radius 3 is 2.64 bits per heavy atom. The number of rotatable bonds is 2. The van der Waals surface area contributed by atoms with Gasteiger partial charge in [-0.05, 0) is 0 Å². The number of carbonyl (C=O) groups is 1. The minimum Gasteiger partial charge on any atom is -0.308 e. The van der Waals surface area contributed by atoms with Crippen LogP contribution in [0.5, 0.6) is 0 Å². The first-order chi connectivity index (χ1) is 6.30. The number of aromatic nitrogens is 2. The Balaban J connectivity index is 3.23. The second-order valence-electron chi connectivity index (χ2n) is 2.74. The van der Waals surface area contributed by atoms with Gasteiger partial charge in [0.15, 0.2) is 5.82 Å². The van der Waals surface area contributed by atoms with Gasteiger partial charge in [0.25, 0.3) is 0 Å².